The van der Waals surface area contributed by atoms with Crippen molar-refractivity contribution in [2.45, 2.75) is 95.8 Å². The molecular formula is C24H39N3O3Si. The number of nitrogens with one attached hydrogen (secondary N) is 2. The van der Waals surface area contributed by atoms with Gasteiger partial charge in [-0.2, -0.15) is 0 Å². The molecule has 0 aliphatic carbocycles. The summed E-state index contributed by atoms with van der Waals surface area (Å²) in [6, 6.07) is 8.92. The van der Waals surface area contributed by atoms with Crippen molar-refractivity contribution < 1.29 is 14.0 Å². The van der Waals surface area contributed by atoms with Crippen molar-refractivity contribution in [2.24, 2.45) is 0 Å². The highest BCUT2D eigenvalue weighted by Gasteiger charge is 2.62. The Hall–Kier alpha value is -1.70. The molecule has 7 heteroatoms. The van der Waals surface area contributed by atoms with Crippen LogP contribution in [0.25, 0.3) is 0 Å². The Labute approximate surface area is 188 Å². The Morgan fingerprint density at radius 3 is 2.29 bits per heavy atom. The lowest BCUT2D eigenvalue weighted by atomic mass is 10.00. The van der Waals surface area contributed by atoms with Gasteiger partial charge in [-0.15, -0.1) is 0 Å². The first-order chi connectivity index (χ1) is 14.2. The smallest absolute Gasteiger partial charge is 0.240 e. The van der Waals surface area contributed by atoms with Crippen LogP contribution in [-0.2, 0) is 20.4 Å². The summed E-state index contributed by atoms with van der Waals surface area (Å²) in [6.45, 7) is 17.5. The van der Waals surface area contributed by atoms with E-state index in [2.05, 4.69) is 44.5 Å². The fourth-order valence-electron chi connectivity index (χ4n) is 3.92. The van der Waals surface area contributed by atoms with Gasteiger partial charge in [0.15, 0.2) is 8.32 Å². The van der Waals surface area contributed by atoms with Crippen molar-refractivity contribution in [3.8, 4) is 0 Å². The summed E-state index contributed by atoms with van der Waals surface area (Å²) < 4.78 is 6.43. The number of hydrogen-bond acceptors (Lipinski definition) is 4. The number of amides is 2. The van der Waals surface area contributed by atoms with Crippen LogP contribution >= 0.6 is 0 Å². The summed E-state index contributed by atoms with van der Waals surface area (Å²) in [5, 5.41) is 6.57. The average Bonchev–Trinajstić information content (AvgIpc) is 3.35. The zero-order valence-electron chi connectivity index (χ0n) is 20.3. The molecule has 6 nitrogen and oxygen atoms in total. The predicted octanol–water partition coefficient (Wildman–Crippen LogP) is 3.09. The van der Waals surface area contributed by atoms with Crippen molar-refractivity contribution in [3.05, 3.63) is 35.9 Å². The predicted molar refractivity (Wildman–Crippen MR) is 126 cm³/mol. The Morgan fingerprint density at radius 1 is 1.13 bits per heavy atom. The van der Waals surface area contributed by atoms with Gasteiger partial charge in [-0.3, -0.25) is 14.9 Å². The van der Waals surface area contributed by atoms with Gasteiger partial charge in [0.1, 0.15) is 6.04 Å². The number of benzene rings is 1. The minimum Gasteiger partial charge on any atom is -0.415 e. The van der Waals surface area contributed by atoms with E-state index in [-0.39, 0.29) is 34.5 Å². The number of carbonyl (C=O) groups is 2. The largest absolute Gasteiger partial charge is 0.415 e. The van der Waals surface area contributed by atoms with E-state index >= 15 is 0 Å². The quantitative estimate of drug-likeness (QED) is 0.521. The molecule has 2 aliphatic heterocycles. The minimum absolute atomic E-state index is 0.0504. The highest BCUT2D eigenvalue weighted by molar-refractivity contribution is 6.74. The van der Waals surface area contributed by atoms with Gasteiger partial charge in [0, 0.05) is 5.54 Å². The van der Waals surface area contributed by atoms with Crippen molar-refractivity contribution in [1.82, 2.24) is 15.5 Å². The molecule has 31 heavy (non-hydrogen) atoms. The molecule has 3 rings (SSSR count). The summed E-state index contributed by atoms with van der Waals surface area (Å²) in [4.78, 5) is 28.2. The maximum atomic E-state index is 13.2. The van der Waals surface area contributed by atoms with Crippen LogP contribution in [0.4, 0.5) is 0 Å². The number of carbonyl (C=O) groups excluding carboxylic acids is 2. The topological polar surface area (TPSA) is 70.4 Å². The van der Waals surface area contributed by atoms with Crippen LogP contribution in [0.1, 0.15) is 47.1 Å². The van der Waals surface area contributed by atoms with Crippen LogP contribution < -0.4 is 10.6 Å². The first-order valence-corrected chi connectivity index (χ1v) is 14.2. The SMILES string of the molecule is CC(C)(C)NC(=O)[C@@H]1N[C@@H](Cc2ccccc2)C(=O)N2[C@@H]1[C@H]2CO[Si](C)(C)C(C)(C)C. The van der Waals surface area contributed by atoms with Gasteiger partial charge in [-0.05, 0) is 50.9 Å². The molecular weight excluding hydrogens is 406 g/mol. The van der Waals surface area contributed by atoms with E-state index in [0.717, 1.165) is 5.56 Å². The van der Waals surface area contributed by atoms with E-state index in [1.54, 1.807) is 0 Å². The fraction of sp³-hybridized carbons (Fsp3) is 0.667. The van der Waals surface area contributed by atoms with Crippen molar-refractivity contribution in [3.63, 3.8) is 0 Å². The maximum Gasteiger partial charge on any atom is 0.240 e. The van der Waals surface area contributed by atoms with E-state index in [4.69, 9.17) is 4.43 Å². The Kier molecular flexibility index (Phi) is 6.44. The lowest BCUT2D eigenvalue weighted by molar-refractivity contribution is -0.133. The van der Waals surface area contributed by atoms with Crippen LogP contribution in [0.5, 0.6) is 0 Å². The lowest BCUT2D eigenvalue weighted by Gasteiger charge is -2.36. The zero-order chi connectivity index (χ0) is 23.2. The molecule has 2 saturated heterocycles. The van der Waals surface area contributed by atoms with Gasteiger partial charge in [0.2, 0.25) is 11.8 Å². The molecule has 2 N–H and O–H groups in total. The van der Waals surface area contributed by atoms with E-state index in [9.17, 15) is 9.59 Å². The van der Waals surface area contributed by atoms with E-state index < -0.39 is 20.4 Å². The molecule has 2 fully saturated rings. The lowest BCUT2D eigenvalue weighted by Crippen LogP contribution is -2.61. The molecule has 0 saturated carbocycles. The summed E-state index contributed by atoms with van der Waals surface area (Å²) in [6.07, 6.45) is 0.567. The second-order valence-electron chi connectivity index (χ2n) is 11.5. The van der Waals surface area contributed by atoms with Crippen LogP contribution in [-0.4, -0.2) is 61.3 Å². The molecule has 0 bridgehead atoms. The molecule has 4 atom stereocenters. The van der Waals surface area contributed by atoms with Crippen LogP contribution in [0.3, 0.4) is 0 Å². The third-order valence-corrected chi connectivity index (χ3v) is 11.2. The summed E-state index contributed by atoms with van der Waals surface area (Å²) in [5.74, 6) is 0.0142. The number of fused-ring (bicyclic) bond motifs is 1. The third kappa shape index (κ3) is 5.38. The van der Waals surface area contributed by atoms with Gasteiger partial charge in [-0.1, -0.05) is 51.1 Å². The molecule has 172 valence electrons. The van der Waals surface area contributed by atoms with Crippen molar-refractivity contribution in [2.75, 3.05) is 6.61 Å². The fourth-order valence-corrected chi connectivity index (χ4v) is 4.94. The molecule has 0 radical (unpaired) electrons. The van der Waals surface area contributed by atoms with Crippen LogP contribution in [0, 0.1) is 0 Å². The van der Waals surface area contributed by atoms with Gasteiger partial charge >= 0.3 is 0 Å². The normalized spacial score (nSPS) is 26.5. The van der Waals surface area contributed by atoms with E-state index in [1.807, 2.05) is 56.0 Å². The number of nitrogens with zero attached hydrogens (tertiary/aromatic N) is 1. The van der Waals surface area contributed by atoms with E-state index in [0.29, 0.717) is 13.0 Å². The van der Waals surface area contributed by atoms with Crippen molar-refractivity contribution >= 4 is 20.1 Å². The molecule has 0 aromatic heterocycles. The first-order valence-electron chi connectivity index (χ1n) is 11.3. The van der Waals surface area contributed by atoms with Gasteiger partial charge in [-0.25, -0.2) is 0 Å². The van der Waals surface area contributed by atoms with Crippen molar-refractivity contribution in [1.29, 1.82) is 0 Å². The monoisotopic (exact) mass is 445 g/mol. The minimum atomic E-state index is -1.94. The van der Waals surface area contributed by atoms with Gasteiger partial charge in [0.05, 0.1) is 24.7 Å². The molecule has 1 aromatic carbocycles. The summed E-state index contributed by atoms with van der Waals surface area (Å²) in [5.41, 5.74) is 0.750. The molecule has 1 aromatic rings. The van der Waals surface area contributed by atoms with Gasteiger partial charge in [0.25, 0.3) is 0 Å². The Morgan fingerprint density at radius 2 is 1.74 bits per heavy atom. The average molecular weight is 446 g/mol. The highest BCUT2D eigenvalue weighted by atomic mass is 28.4. The van der Waals surface area contributed by atoms with E-state index in [1.165, 1.54) is 0 Å². The summed E-state index contributed by atoms with van der Waals surface area (Å²) >= 11 is 0. The van der Waals surface area contributed by atoms with Gasteiger partial charge < -0.3 is 14.6 Å². The summed E-state index contributed by atoms with van der Waals surface area (Å²) in [7, 11) is -1.94. The number of piperazine rings is 1. The number of hydrogen-bond donors (Lipinski definition) is 2. The first kappa shape index (κ1) is 23.9. The standard InChI is InChI=1S/C24H39N3O3Si/c1-23(2,3)26-21(28)19-20-18(15-30-31(7,8)24(4,5)6)27(20)22(29)17(25-19)14-16-12-10-9-11-13-16/h9-13,17-20,25H,14-15H2,1-8H3,(H,26,28)/t17-,18+,19+,20+,27?/m0/s1. The molecule has 2 heterocycles. The second-order valence-corrected chi connectivity index (χ2v) is 16.3. The molecule has 0 spiro atoms. The number of rotatable bonds is 6. The highest BCUT2D eigenvalue weighted by Crippen LogP contribution is 2.40. The zero-order valence-corrected chi connectivity index (χ0v) is 21.3. The maximum absolute atomic E-state index is 13.2. The Balaban J connectivity index is 1.77. The molecule has 2 aliphatic rings. The van der Waals surface area contributed by atoms with Crippen LogP contribution in [0.2, 0.25) is 18.1 Å². The Bertz CT molecular complexity index is 814. The molecule has 2 amide bonds. The third-order valence-electron chi connectivity index (χ3n) is 6.74. The van der Waals surface area contributed by atoms with Crippen LogP contribution in [0.15, 0.2) is 30.3 Å². The molecule has 0 unspecified atom stereocenters. The second kappa shape index (κ2) is 8.33.